The van der Waals surface area contributed by atoms with E-state index in [-0.39, 0.29) is 11.3 Å². The molecule has 0 heterocycles. The maximum Gasteiger partial charge on any atom is 0.275 e. The van der Waals surface area contributed by atoms with Gasteiger partial charge in [-0.3, -0.25) is 4.79 Å². The zero-order valence-corrected chi connectivity index (χ0v) is 12.7. The smallest absolute Gasteiger partial charge is 0.275 e. The second-order valence-electron chi connectivity index (χ2n) is 4.00. The summed E-state index contributed by atoms with van der Waals surface area (Å²) in [6, 6.07) is 9.22. The zero-order chi connectivity index (χ0) is 15.4. The molecular weight excluding hydrogens is 335 g/mol. The molecule has 0 aliphatic rings. The van der Waals surface area contributed by atoms with Gasteiger partial charge in [-0.15, -0.1) is 0 Å². The lowest BCUT2D eigenvalue weighted by atomic mass is 10.2. The van der Waals surface area contributed by atoms with Gasteiger partial charge in [0.2, 0.25) is 0 Å². The average molecular weight is 344 g/mol. The molecule has 0 aliphatic carbocycles. The molecule has 0 atom stereocenters. The van der Waals surface area contributed by atoms with Gasteiger partial charge < -0.3 is 5.11 Å². The number of carbonyl (C=O) groups is 1. The fourth-order valence-electron chi connectivity index (χ4n) is 1.54. The second-order valence-corrected chi connectivity index (χ2v) is 5.23. The molecule has 0 aromatic heterocycles. The van der Waals surface area contributed by atoms with E-state index in [4.69, 9.17) is 34.8 Å². The fourth-order valence-corrected chi connectivity index (χ4v) is 2.06. The Morgan fingerprint density at radius 3 is 2.67 bits per heavy atom. The highest BCUT2D eigenvalue weighted by Crippen LogP contribution is 2.24. The Balaban J connectivity index is 2.10. The van der Waals surface area contributed by atoms with Crippen LogP contribution in [0.3, 0.4) is 0 Å². The van der Waals surface area contributed by atoms with Gasteiger partial charge in [-0.2, -0.15) is 5.10 Å². The van der Waals surface area contributed by atoms with Crippen LogP contribution >= 0.6 is 34.8 Å². The van der Waals surface area contributed by atoms with E-state index in [2.05, 4.69) is 10.5 Å². The maximum absolute atomic E-state index is 11.8. The highest BCUT2D eigenvalue weighted by molar-refractivity contribution is 6.43. The van der Waals surface area contributed by atoms with Crippen molar-refractivity contribution in [1.29, 1.82) is 0 Å². The van der Waals surface area contributed by atoms with E-state index in [1.54, 1.807) is 18.2 Å². The first-order valence-electron chi connectivity index (χ1n) is 5.75. The summed E-state index contributed by atoms with van der Waals surface area (Å²) in [6.07, 6.45) is 1.36. The maximum atomic E-state index is 11.8. The Kier molecular flexibility index (Phi) is 5.07. The molecule has 0 aliphatic heterocycles. The first-order chi connectivity index (χ1) is 9.99. The van der Waals surface area contributed by atoms with Gasteiger partial charge in [-0.05, 0) is 24.3 Å². The second kappa shape index (κ2) is 6.80. The Morgan fingerprint density at radius 1 is 1.19 bits per heavy atom. The standard InChI is InChI=1S/C14H9Cl3N2O2/c15-9-4-5-10(12(20)6-9)14(21)19-18-7-8-2-1-3-11(16)13(8)17/h1-7,20H,(H,19,21)/b18-7+. The monoisotopic (exact) mass is 342 g/mol. The number of amides is 1. The van der Waals surface area contributed by atoms with Crippen LogP contribution in [0.25, 0.3) is 0 Å². The number of benzene rings is 2. The number of aromatic hydroxyl groups is 1. The van der Waals surface area contributed by atoms with E-state index >= 15 is 0 Å². The molecule has 1 amide bonds. The number of rotatable bonds is 3. The predicted octanol–water partition coefficient (Wildman–Crippen LogP) is 4.12. The summed E-state index contributed by atoms with van der Waals surface area (Å²) < 4.78 is 0. The van der Waals surface area contributed by atoms with Gasteiger partial charge in [-0.25, -0.2) is 5.43 Å². The van der Waals surface area contributed by atoms with E-state index in [0.29, 0.717) is 20.6 Å². The molecule has 2 rings (SSSR count). The van der Waals surface area contributed by atoms with Crippen LogP contribution in [0, 0.1) is 0 Å². The quantitative estimate of drug-likeness (QED) is 0.650. The van der Waals surface area contributed by atoms with Crippen molar-refractivity contribution in [3.05, 3.63) is 62.6 Å². The van der Waals surface area contributed by atoms with E-state index in [0.717, 1.165) is 0 Å². The largest absolute Gasteiger partial charge is 0.507 e. The number of hydrazone groups is 1. The van der Waals surface area contributed by atoms with E-state index < -0.39 is 5.91 Å². The average Bonchev–Trinajstić information content (AvgIpc) is 2.43. The Morgan fingerprint density at radius 2 is 1.95 bits per heavy atom. The molecule has 0 spiro atoms. The summed E-state index contributed by atoms with van der Waals surface area (Å²) in [7, 11) is 0. The first kappa shape index (κ1) is 15.6. The molecule has 0 fully saturated rings. The molecular formula is C14H9Cl3N2O2. The molecule has 0 bridgehead atoms. The first-order valence-corrected chi connectivity index (χ1v) is 6.88. The summed E-state index contributed by atoms with van der Waals surface area (Å²) in [5.41, 5.74) is 2.90. The highest BCUT2D eigenvalue weighted by Gasteiger charge is 2.10. The van der Waals surface area contributed by atoms with Gasteiger partial charge in [0.1, 0.15) is 5.75 Å². The van der Waals surface area contributed by atoms with Crippen molar-refractivity contribution >= 4 is 46.9 Å². The third kappa shape index (κ3) is 3.88. The van der Waals surface area contributed by atoms with Crippen molar-refractivity contribution in [2.45, 2.75) is 0 Å². The molecule has 0 radical (unpaired) electrons. The van der Waals surface area contributed by atoms with Crippen LogP contribution < -0.4 is 5.43 Å². The molecule has 108 valence electrons. The molecule has 0 saturated heterocycles. The van der Waals surface area contributed by atoms with Crippen molar-refractivity contribution in [1.82, 2.24) is 5.43 Å². The van der Waals surface area contributed by atoms with Crippen LogP contribution in [-0.2, 0) is 0 Å². The number of phenols is 1. The van der Waals surface area contributed by atoms with Gasteiger partial charge in [0, 0.05) is 10.6 Å². The van der Waals surface area contributed by atoms with Crippen LogP contribution in [0.2, 0.25) is 15.1 Å². The van der Waals surface area contributed by atoms with Crippen LogP contribution in [0.1, 0.15) is 15.9 Å². The van der Waals surface area contributed by atoms with Gasteiger partial charge in [0.05, 0.1) is 21.8 Å². The lowest BCUT2D eigenvalue weighted by Gasteiger charge is -2.03. The third-order valence-electron chi connectivity index (χ3n) is 2.56. The van der Waals surface area contributed by atoms with E-state index in [9.17, 15) is 9.90 Å². The molecule has 2 aromatic carbocycles. The summed E-state index contributed by atoms with van der Waals surface area (Å²) in [4.78, 5) is 11.8. The fraction of sp³-hybridized carbons (Fsp3) is 0. The molecule has 2 aromatic rings. The van der Waals surface area contributed by atoms with Gasteiger partial charge in [-0.1, -0.05) is 46.9 Å². The molecule has 2 N–H and O–H groups in total. The number of nitrogens with one attached hydrogen (secondary N) is 1. The van der Waals surface area contributed by atoms with Crippen LogP contribution in [0.4, 0.5) is 0 Å². The number of halogens is 3. The lowest BCUT2D eigenvalue weighted by molar-refractivity contribution is 0.0952. The summed E-state index contributed by atoms with van der Waals surface area (Å²) >= 11 is 17.5. The molecule has 0 saturated carbocycles. The van der Waals surface area contributed by atoms with Crippen LogP contribution in [-0.4, -0.2) is 17.2 Å². The Bertz CT molecular complexity index is 717. The van der Waals surface area contributed by atoms with Crippen LogP contribution in [0.15, 0.2) is 41.5 Å². The highest BCUT2D eigenvalue weighted by atomic mass is 35.5. The summed E-state index contributed by atoms with van der Waals surface area (Å²) in [5, 5.41) is 14.5. The minimum absolute atomic E-state index is 0.0636. The van der Waals surface area contributed by atoms with Crippen molar-refractivity contribution < 1.29 is 9.90 Å². The van der Waals surface area contributed by atoms with Crippen molar-refractivity contribution in [3.8, 4) is 5.75 Å². The van der Waals surface area contributed by atoms with Crippen LogP contribution in [0.5, 0.6) is 5.75 Å². The van der Waals surface area contributed by atoms with Crippen molar-refractivity contribution in [3.63, 3.8) is 0 Å². The van der Waals surface area contributed by atoms with E-state index in [1.165, 1.54) is 24.4 Å². The Hall–Kier alpha value is -1.75. The number of hydrogen-bond acceptors (Lipinski definition) is 3. The minimum Gasteiger partial charge on any atom is -0.507 e. The zero-order valence-electron chi connectivity index (χ0n) is 10.5. The van der Waals surface area contributed by atoms with Gasteiger partial charge >= 0.3 is 0 Å². The minimum atomic E-state index is -0.571. The molecule has 21 heavy (non-hydrogen) atoms. The number of nitrogens with zero attached hydrogens (tertiary/aromatic N) is 1. The van der Waals surface area contributed by atoms with E-state index in [1.807, 2.05) is 0 Å². The van der Waals surface area contributed by atoms with Gasteiger partial charge in [0.15, 0.2) is 0 Å². The summed E-state index contributed by atoms with van der Waals surface area (Å²) in [5.74, 6) is -0.797. The molecule has 7 heteroatoms. The Labute approximate surface area is 135 Å². The topological polar surface area (TPSA) is 61.7 Å². The SMILES string of the molecule is O=C(N/N=C/c1cccc(Cl)c1Cl)c1ccc(Cl)cc1O. The van der Waals surface area contributed by atoms with Crippen molar-refractivity contribution in [2.24, 2.45) is 5.10 Å². The number of phenolic OH excluding ortho intramolecular Hbond substituents is 1. The van der Waals surface area contributed by atoms with Gasteiger partial charge in [0.25, 0.3) is 5.91 Å². The lowest BCUT2D eigenvalue weighted by Crippen LogP contribution is -2.17. The number of hydrogen-bond donors (Lipinski definition) is 2. The van der Waals surface area contributed by atoms with Crippen molar-refractivity contribution in [2.75, 3.05) is 0 Å². The number of carbonyl (C=O) groups excluding carboxylic acids is 1. The predicted molar refractivity (Wildman–Crippen MR) is 84.6 cm³/mol. The molecule has 4 nitrogen and oxygen atoms in total. The summed E-state index contributed by atoms with van der Waals surface area (Å²) in [6.45, 7) is 0. The normalized spacial score (nSPS) is 10.8. The molecule has 0 unspecified atom stereocenters. The third-order valence-corrected chi connectivity index (χ3v) is 3.62.